The molecule has 0 saturated carbocycles. The van der Waals surface area contributed by atoms with Gasteiger partial charge in [-0.1, -0.05) is 23.2 Å². The summed E-state index contributed by atoms with van der Waals surface area (Å²) in [6.07, 6.45) is 0. The van der Waals surface area contributed by atoms with Crippen molar-refractivity contribution in [1.82, 2.24) is 0 Å². The van der Waals surface area contributed by atoms with Gasteiger partial charge in [0.1, 0.15) is 0 Å². The number of hydrogen-bond donors (Lipinski definition) is 4. The van der Waals surface area contributed by atoms with Gasteiger partial charge in [-0.2, -0.15) is 0 Å². The standard InChI is InChI=1S/C18H8Cl2O8/c19-13-7-1-5-3-9(15(21)22)10(16(23)24)4-6(5)2-8(7)14(20)12(18(27)28)11(13)17(25)26/h1-4H,(H,21,22)(H,23,24)(H,25,26)(H,27,28). The number of rotatable bonds is 4. The van der Waals surface area contributed by atoms with E-state index in [1.807, 2.05) is 0 Å². The Bertz CT molecular complexity index is 1150. The van der Waals surface area contributed by atoms with E-state index in [1.54, 1.807) is 0 Å². The number of carboxylic acids is 4. The number of benzene rings is 3. The molecule has 142 valence electrons. The molecule has 0 spiro atoms. The maximum Gasteiger partial charge on any atom is 0.338 e. The van der Waals surface area contributed by atoms with Crippen LogP contribution in [-0.2, 0) is 0 Å². The molecule has 0 aliphatic heterocycles. The smallest absolute Gasteiger partial charge is 0.338 e. The average molecular weight is 423 g/mol. The molecular formula is C18H8Cl2O8. The monoisotopic (exact) mass is 422 g/mol. The Labute approximate surface area is 165 Å². The number of halogens is 2. The zero-order valence-electron chi connectivity index (χ0n) is 13.5. The number of aromatic carboxylic acids is 4. The normalized spacial score (nSPS) is 10.9. The lowest BCUT2D eigenvalue weighted by Crippen LogP contribution is -2.11. The topological polar surface area (TPSA) is 149 Å². The molecule has 0 atom stereocenters. The van der Waals surface area contributed by atoms with E-state index in [0.29, 0.717) is 0 Å². The molecule has 3 aromatic rings. The van der Waals surface area contributed by atoms with Crippen LogP contribution in [0.5, 0.6) is 0 Å². The highest BCUT2D eigenvalue weighted by Gasteiger charge is 2.27. The molecule has 10 heteroatoms. The molecule has 3 rings (SSSR count). The van der Waals surface area contributed by atoms with E-state index in [9.17, 15) is 39.6 Å². The molecule has 0 radical (unpaired) electrons. The van der Waals surface area contributed by atoms with Gasteiger partial charge < -0.3 is 20.4 Å². The molecule has 0 saturated heterocycles. The van der Waals surface area contributed by atoms with Crippen LogP contribution in [0.2, 0.25) is 10.0 Å². The van der Waals surface area contributed by atoms with Crippen LogP contribution in [0.15, 0.2) is 24.3 Å². The predicted molar refractivity (Wildman–Crippen MR) is 99.3 cm³/mol. The first-order valence-corrected chi connectivity index (χ1v) is 8.15. The Kier molecular flexibility index (Phi) is 4.62. The van der Waals surface area contributed by atoms with Crippen molar-refractivity contribution in [3.05, 3.63) is 56.6 Å². The maximum absolute atomic E-state index is 11.5. The highest BCUT2D eigenvalue weighted by atomic mass is 35.5. The Morgan fingerprint density at radius 1 is 0.571 bits per heavy atom. The van der Waals surface area contributed by atoms with Crippen molar-refractivity contribution >= 4 is 68.6 Å². The van der Waals surface area contributed by atoms with Gasteiger partial charge >= 0.3 is 23.9 Å². The fourth-order valence-electron chi connectivity index (χ4n) is 2.96. The molecule has 0 aromatic heterocycles. The van der Waals surface area contributed by atoms with E-state index in [4.69, 9.17) is 23.2 Å². The molecule has 0 fully saturated rings. The minimum Gasteiger partial charge on any atom is -0.478 e. The molecule has 4 N–H and O–H groups in total. The SMILES string of the molecule is O=C(O)c1cc2cc3c(Cl)c(C(=O)O)c(C(=O)O)c(Cl)c3cc2cc1C(=O)O. The maximum atomic E-state index is 11.5. The van der Waals surface area contributed by atoms with Crippen LogP contribution in [0.3, 0.4) is 0 Å². The average Bonchev–Trinajstić information content (AvgIpc) is 2.61. The third-order valence-electron chi connectivity index (χ3n) is 4.16. The molecule has 8 nitrogen and oxygen atoms in total. The van der Waals surface area contributed by atoms with Crippen molar-refractivity contribution < 1.29 is 39.6 Å². The molecule has 3 aromatic carbocycles. The van der Waals surface area contributed by atoms with Crippen LogP contribution in [0, 0.1) is 0 Å². The van der Waals surface area contributed by atoms with Gasteiger partial charge in [0.25, 0.3) is 0 Å². The molecule has 28 heavy (non-hydrogen) atoms. The second-order valence-electron chi connectivity index (χ2n) is 5.74. The first-order valence-electron chi connectivity index (χ1n) is 7.40. The Morgan fingerprint density at radius 3 is 1.14 bits per heavy atom. The number of hydrogen-bond acceptors (Lipinski definition) is 4. The third-order valence-corrected chi connectivity index (χ3v) is 4.95. The largest absolute Gasteiger partial charge is 0.478 e. The van der Waals surface area contributed by atoms with Gasteiger partial charge in [-0.05, 0) is 35.0 Å². The first kappa shape index (κ1) is 19.4. The second-order valence-corrected chi connectivity index (χ2v) is 6.50. The van der Waals surface area contributed by atoms with Gasteiger partial charge in [-0.3, -0.25) is 0 Å². The summed E-state index contributed by atoms with van der Waals surface area (Å²) in [5.41, 5.74) is -2.34. The fourth-order valence-corrected chi connectivity index (χ4v) is 3.62. The van der Waals surface area contributed by atoms with Gasteiger partial charge in [0, 0.05) is 10.8 Å². The van der Waals surface area contributed by atoms with Crippen molar-refractivity contribution in [2.45, 2.75) is 0 Å². The number of fused-ring (bicyclic) bond motifs is 2. The fraction of sp³-hybridized carbons (Fsp3) is 0. The van der Waals surface area contributed by atoms with Crippen molar-refractivity contribution in [2.24, 2.45) is 0 Å². The van der Waals surface area contributed by atoms with E-state index >= 15 is 0 Å². The number of carboxylic acid groups (broad SMARTS) is 4. The van der Waals surface area contributed by atoms with Gasteiger partial charge in [-0.25, -0.2) is 19.2 Å². The molecule has 0 aliphatic rings. The molecule has 0 aliphatic carbocycles. The van der Waals surface area contributed by atoms with Crippen LogP contribution < -0.4 is 0 Å². The summed E-state index contributed by atoms with van der Waals surface area (Å²) < 4.78 is 0. The zero-order valence-corrected chi connectivity index (χ0v) is 15.0. The summed E-state index contributed by atoms with van der Waals surface area (Å²) in [6.45, 7) is 0. The summed E-state index contributed by atoms with van der Waals surface area (Å²) in [5.74, 6) is -6.12. The van der Waals surface area contributed by atoms with Gasteiger partial charge in [0.05, 0.1) is 32.3 Å². The van der Waals surface area contributed by atoms with Gasteiger partial charge in [0.2, 0.25) is 0 Å². The highest BCUT2D eigenvalue weighted by molar-refractivity contribution is 6.45. The lowest BCUT2D eigenvalue weighted by molar-refractivity contribution is 0.0652. The first-order chi connectivity index (χ1) is 13.0. The van der Waals surface area contributed by atoms with E-state index < -0.39 is 46.1 Å². The molecule has 0 heterocycles. The predicted octanol–water partition coefficient (Wildman–Crippen LogP) is 4.09. The summed E-state index contributed by atoms with van der Waals surface area (Å²) in [7, 11) is 0. The van der Waals surface area contributed by atoms with Crippen LogP contribution in [0.25, 0.3) is 21.5 Å². The Hall–Kier alpha value is -3.36. The Morgan fingerprint density at radius 2 is 0.893 bits per heavy atom. The third kappa shape index (κ3) is 2.88. The highest BCUT2D eigenvalue weighted by Crippen LogP contribution is 2.39. The van der Waals surface area contributed by atoms with Crippen LogP contribution >= 0.6 is 23.2 Å². The minimum atomic E-state index is -1.60. The molecule has 0 unspecified atom stereocenters. The Balaban J connectivity index is 2.54. The lowest BCUT2D eigenvalue weighted by Gasteiger charge is -2.13. The van der Waals surface area contributed by atoms with Crippen LogP contribution in [0.4, 0.5) is 0 Å². The summed E-state index contributed by atoms with van der Waals surface area (Å²) in [5, 5.41) is 37.1. The molecule has 0 amide bonds. The second kappa shape index (κ2) is 6.66. The minimum absolute atomic E-state index is 0.0842. The zero-order chi connectivity index (χ0) is 20.9. The van der Waals surface area contributed by atoms with Crippen LogP contribution in [-0.4, -0.2) is 44.3 Å². The summed E-state index contributed by atoms with van der Waals surface area (Å²) >= 11 is 12.3. The molecular weight excluding hydrogens is 415 g/mol. The van der Waals surface area contributed by atoms with Crippen molar-refractivity contribution in [1.29, 1.82) is 0 Å². The molecule has 0 bridgehead atoms. The van der Waals surface area contributed by atoms with Gasteiger partial charge in [-0.15, -0.1) is 0 Å². The van der Waals surface area contributed by atoms with Crippen molar-refractivity contribution in [3.63, 3.8) is 0 Å². The number of carbonyl (C=O) groups is 4. The summed E-state index contributed by atoms with van der Waals surface area (Å²) in [4.78, 5) is 45.8. The van der Waals surface area contributed by atoms with E-state index in [2.05, 4.69) is 0 Å². The van der Waals surface area contributed by atoms with Crippen LogP contribution in [0.1, 0.15) is 41.4 Å². The summed E-state index contributed by atoms with van der Waals surface area (Å²) in [6, 6.07) is 4.87. The van der Waals surface area contributed by atoms with Crippen molar-refractivity contribution in [3.8, 4) is 0 Å². The van der Waals surface area contributed by atoms with E-state index in [0.717, 1.165) is 12.1 Å². The van der Waals surface area contributed by atoms with Crippen molar-refractivity contribution in [2.75, 3.05) is 0 Å². The lowest BCUT2D eigenvalue weighted by atomic mass is 9.94. The van der Waals surface area contributed by atoms with Gasteiger partial charge in [0.15, 0.2) is 0 Å². The van der Waals surface area contributed by atoms with E-state index in [1.165, 1.54) is 12.1 Å². The quantitative estimate of drug-likeness (QED) is 0.459. The van der Waals surface area contributed by atoms with E-state index in [-0.39, 0.29) is 31.6 Å².